The van der Waals surface area contributed by atoms with E-state index in [9.17, 15) is 4.39 Å². The maximum atomic E-state index is 14.0. The molecule has 28 heavy (non-hydrogen) atoms. The molecule has 0 spiro atoms. The van der Waals surface area contributed by atoms with Crippen molar-refractivity contribution in [3.05, 3.63) is 59.1 Å². The van der Waals surface area contributed by atoms with Crippen LogP contribution in [0.1, 0.15) is 22.7 Å². The van der Waals surface area contributed by atoms with Gasteiger partial charge in [-0.2, -0.15) is 0 Å². The van der Waals surface area contributed by atoms with Gasteiger partial charge in [-0.25, -0.2) is 19.3 Å². The number of rotatable bonds is 4. The van der Waals surface area contributed by atoms with Gasteiger partial charge >= 0.3 is 0 Å². The number of benzene rings is 1. The molecule has 0 bridgehead atoms. The van der Waals surface area contributed by atoms with Crippen molar-refractivity contribution in [1.29, 1.82) is 0 Å². The minimum Gasteiger partial charge on any atom is -0.441 e. The van der Waals surface area contributed by atoms with Crippen molar-refractivity contribution in [3.63, 3.8) is 0 Å². The van der Waals surface area contributed by atoms with Gasteiger partial charge in [0.25, 0.3) is 0 Å². The summed E-state index contributed by atoms with van der Waals surface area (Å²) in [6, 6.07) is 6.56. The van der Waals surface area contributed by atoms with Gasteiger partial charge in [0.15, 0.2) is 0 Å². The lowest BCUT2D eigenvalue weighted by Crippen LogP contribution is -2.46. The average Bonchev–Trinajstić information content (AvgIpc) is 3.05. The molecule has 0 N–H and O–H groups in total. The molecule has 1 aliphatic heterocycles. The van der Waals surface area contributed by atoms with Crippen LogP contribution >= 0.6 is 0 Å². The number of piperazine rings is 1. The van der Waals surface area contributed by atoms with E-state index in [-0.39, 0.29) is 5.82 Å². The Morgan fingerprint density at radius 3 is 2.54 bits per heavy atom. The van der Waals surface area contributed by atoms with Gasteiger partial charge in [-0.05, 0) is 32.9 Å². The maximum Gasteiger partial charge on any atom is 0.229 e. The molecule has 3 heterocycles. The first-order valence-corrected chi connectivity index (χ1v) is 9.49. The zero-order valence-corrected chi connectivity index (χ0v) is 16.4. The molecule has 0 aliphatic carbocycles. The van der Waals surface area contributed by atoms with E-state index in [1.54, 1.807) is 24.5 Å². The summed E-state index contributed by atoms with van der Waals surface area (Å²) in [5.74, 6) is 1.78. The fourth-order valence-corrected chi connectivity index (χ4v) is 3.50. The third kappa shape index (κ3) is 3.62. The Morgan fingerprint density at radius 2 is 1.79 bits per heavy atom. The van der Waals surface area contributed by atoms with Crippen molar-refractivity contribution in [3.8, 4) is 11.5 Å². The molecule has 1 saturated heterocycles. The van der Waals surface area contributed by atoms with Crippen LogP contribution in [0.5, 0.6) is 0 Å². The number of nitrogens with zero attached hydrogens (tertiary/aromatic N) is 5. The molecule has 0 radical (unpaired) electrons. The predicted molar refractivity (Wildman–Crippen MR) is 106 cm³/mol. The molecule has 2 aromatic heterocycles. The zero-order valence-electron chi connectivity index (χ0n) is 16.4. The van der Waals surface area contributed by atoms with Crippen LogP contribution in [0.15, 0.2) is 35.0 Å². The minimum atomic E-state index is -0.320. The van der Waals surface area contributed by atoms with Crippen LogP contribution in [0.4, 0.5) is 10.2 Å². The lowest BCUT2D eigenvalue weighted by atomic mass is 10.2. The lowest BCUT2D eigenvalue weighted by Gasteiger charge is -2.35. The minimum absolute atomic E-state index is 0.320. The number of halogens is 1. The Kier molecular flexibility index (Phi) is 5.09. The Morgan fingerprint density at radius 1 is 1.04 bits per heavy atom. The van der Waals surface area contributed by atoms with Crippen LogP contribution in [0.2, 0.25) is 0 Å². The maximum absolute atomic E-state index is 14.0. The van der Waals surface area contributed by atoms with Gasteiger partial charge in [0.2, 0.25) is 5.89 Å². The van der Waals surface area contributed by atoms with Gasteiger partial charge in [0, 0.05) is 44.0 Å². The van der Waals surface area contributed by atoms with Gasteiger partial charge in [-0.15, -0.1) is 0 Å². The highest BCUT2D eigenvalue weighted by Gasteiger charge is 2.22. The molecular weight excluding hydrogens is 357 g/mol. The number of hydrogen-bond acceptors (Lipinski definition) is 6. The van der Waals surface area contributed by atoms with E-state index in [1.165, 1.54) is 6.07 Å². The molecule has 1 aliphatic rings. The highest BCUT2D eigenvalue weighted by Crippen LogP contribution is 2.25. The van der Waals surface area contributed by atoms with Crippen molar-refractivity contribution < 1.29 is 8.81 Å². The van der Waals surface area contributed by atoms with Crippen molar-refractivity contribution >= 4 is 5.82 Å². The third-order valence-electron chi connectivity index (χ3n) is 5.35. The summed E-state index contributed by atoms with van der Waals surface area (Å²) in [7, 11) is 0. The molecular formula is C21H24FN5O. The molecule has 0 amide bonds. The van der Waals surface area contributed by atoms with E-state index >= 15 is 0 Å². The molecule has 0 unspecified atom stereocenters. The average molecular weight is 381 g/mol. The Labute approximate surface area is 164 Å². The first-order valence-electron chi connectivity index (χ1n) is 9.49. The molecule has 1 aromatic carbocycles. The molecule has 6 nitrogen and oxygen atoms in total. The molecule has 7 heteroatoms. The summed E-state index contributed by atoms with van der Waals surface area (Å²) >= 11 is 0. The van der Waals surface area contributed by atoms with Crippen LogP contribution in [-0.2, 0) is 6.54 Å². The summed E-state index contributed by atoms with van der Waals surface area (Å²) in [5, 5.41) is 0. The molecule has 0 atom stereocenters. The number of oxazole rings is 1. The van der Waals surface area contributed by atoms with E-state index in [0.29, 0.717) is 18.0 Å². The first kappa shape index (κ1) is 18.6. The fourth-order valence-electron chi connectivity index (χ4n) is 3.50. The number of aromatic nitrogens is 3. The second-order valence-electron chi connectivity index (χ2n) is 7.17. The summed E-state index contributed by atoms with van der Waals surface area (Å²) < 4.78 is 19.8. The summed E-state index contributed by atoms with van der Waals surface area (Å²) in [6.07, 6.45) is 1.63. The summed E-state index contributed by atoms with van der Waals surface area (Å²) in [6.45, 7) is 10.3. The van der Waals surface area contributed by atoms with Crippen LogP contribution in [0.25, 0.3) is 11.5 Å². The molecule has 0 saturated carbocycles. The Balaban J connectivity index is 1.43. The summed E-state index contributed by atoms with van der Waals surface area (Å²) in [5.41, 5.74) is 3.42. The van der Waals surface area contributed by atoms with Crippen molar-refractivity contribution in [2.45, 2.75) is 27.3 Å². The van der Waals surface area contributed by atoms with Crippen molar-refractivity contribution in [2.24, 2.45) is 0 Å². The van der Waals surface area contributed by atoms with Crippen molar-refractivity contribution in [2.75, 3.05) is 31.1 Å². The van der Waals surface area contributed by atoms with Crippen LogP contribution < -0.4 is 4.90 Å². The molecule has 3 aromatic rings. The SMILES string of the molecule is Cc1ncnc(N2CCN(Cc3nc(-c4ccccc4F)oc3C)CC2)c1C. The van der Waals surface area contributed by atoms with Crippen LogP contribution in [0, 0.1) is 26.6 Å². The van der Waals surface area contributed by atoms with Crippen LogP contribution in [-0.4, -0.2) is 46.0 Å². The van der Waals surface area contributed by atoms with E-state index in [2.05, 4.69) is 31.7 Å². The topological polar surface area (TPSA) is 58.3 Å². The second kappa shape index (κ2) is 7.67. The second-order valence-corrected chi connectivity index (χ2v) is 7.17. The molecule has 1 fully saturated rings. The van der Waals surface area contributed by atoms with E-state index < -0.39 is 0 Å². The lowest BCUT2D eigenvalue weighted by molar-refractivity contribution is 0.245. The Bertz CT molecular complexity index is 979. The van der Waals surface area contributed by atoms with Gasteiger partial charge in [-0.3, -0.25) is 4.90 Å². The fraction of sp³-hybridized carbons (Fsp3) is 0.381. The third-order valence-corrected chi connectivity index (χ3v) is 5.35. The quantitative estimate of drug-likeness (QED) is 0.689. The van der Waals surface area contributed by atoms with Gasteiger partial charge < -0.3 is 9.32 Å². The van der Waals surface area contributed by atoms with Gasteiger partial charge in [0.1, 0.15) is 23.7 Å². The highest BCUT2D eigenvalue weighted by molar-refractivity contribution is 5.54. The van der Waals surface area contributed by atoms with E-state index in [0.717, 1.165) is 54.7 Å². The standard InChI is InChI=1S/C21H24FN5O/c1-14-15(2)23-13-24-20(14)27-10-8-26(9-11-27)12-19-16(3)28-21(25-19)17-6-4-5-7-18(17)22/h4-7,13H,8-12H2,1-3H3. The van der Waals surface area contributed by atoms with Crippen LogP contribution in [0.3, 0.4) is 0 Å². The molecule has 4 rings (SSSR count). The van der Waals surface area contributed by atoms with Crippen molar-refractivity contribution in [1.82, 2.24) is 19.9 Å². The first-order chi connectivity index (χ1) is 13.5. The Hall–Kier alpha value is -2.80. The normalized spacial score (nSPS) is 15.2. The monoisotopic (exact) mass is 381 g/mol. The predicted octanol–water partition coefficient (Wildman–Crippen LogP) is 3.52. The summed E-state index contributed by atoms with van der Waals surface area (Å²) in [4.78, 5) is 17.9. The van der Waals surface area contributed by atoms with Gasteiger partial charge in [0.05, 0.1) is 11.3 Å². The van der Waals surface area contributed by atoms with E-state index in [1.807, 2.05) is 13.8 Å². The molecule has 146 valence electrons. The highest BCUT2D eigenvalue weighted by atomic mass is 19.1. The smallest absolute Gasteiger partial charge is 0.229 e. The zero-order chi connectivity index (χ0) is 19.7. The van der Waals surface area contributed by atoms with E-state index in [4.69, 9.17) is 4.42 Å². The number of anilines is 1. The number of hydrogen-bond donors (Lipinski definition) is 0. The number of aryl methyl sites for hydroxylation is 2. The largest absolute Gasteiger partial charge is 0.441 e. The van der Waals surface area contributed by atoms with Gasteiger partial charge in [-0.1, -0.05) is 12.1 Å².